The fourth-order valence-electron chi connectivity index (χ4n) is 3.24. The molecule has 0 aromatic carbocycles. The van der Waals surface area contributed by atoms with Crippen LogP contribution >= 0.6 is 0 Å². The lowest BCUT2D eigenvalue weighted by molar-refractivity contribution is -0.154. The third-order valence-electron chi connectivity index (χ3n) is 4.59. The zero-order valence-electron chi connectivity index (χ0n) is 13.8. The van der Waals surface area contributed by atoms with Gasteiger partial charge in [0.05, 0.1) is 0 Å². The predicted octanol–water partition coefficient (Wildman–Crippen LogP) is 2.26. The maximum Gasteiger partial charge on any atom is 0.326 e. The summed E-state index contributed by atoms with van der Waals surface area (Å²) in [6.45, 7) is 6.92. The van der Waals surface area contributed by atoms with Gasteiger partial charge in [0, 0.05) is 11.5 Å². The van der Waals surface area contributed by atoms with Crippen LogP contribution in [-0.2, 0) is 9.59 Å². The second-order valence-corrected chi connectivity index (χ2v) is 6.62. The minimum atomic E-state index is -0.876. The molecule has 5 heteroatoms. The quantitative estimate of drug-likeness (QED) is 0.674. The normalized spacial score (nSPS) is 22.3. The van der Waals surface area contributed by atoms with E-state index in [0.717, 1.165) is 38.6 Å². The summed E-state index contributed by atoms with van der Waals surface area (Å²) in [5.74, 6) is -0.906. The smallest absolute Gasteiger partial charge is 0.326 e. The maximum atomic E-state index is 12.8. The zero-order chi connectivity index (χ0) is 16.0. The summed E-state index contributed by atoms with van der Waals surface area (Å²) < 4.78 is 0. The molecule has 0 spiro atoms. The van der Waals surface area contributed by atoms with Gasteiger partial charge in [-0.25, -0.2) is 4.79 Å². The van der Waals surface area contributed by atoms with E-state index in [4.69, 9.17) is 0 Å². The molecule has 1 saturated heterocycles. The molecular formula is C16H30N2O3. The number of nitrogens with zero attached hydrogens (tertiary/aromatic N) is 1. The molecular weight excluding hydrogens is 268 g/mol. The van der Waals surface area contributed by atoms with E-state index < -0.39 is 12.0 Å². The summed E-state index contributed by atoms with van der Waals surface area (Å²) >= 11 is 0. The molecule has 0 aromatic heterocycles. The molecule has 1 fully saturated rings. The first-order valence-electron chi connectivity index (χ1n) is 8.05. The van der Waals surface area contributed by atoms with Gasteiger partial charge in [0.1, 0.15) is 6.04 Å². The van der Waals surface area contributed by atoms with Crippen LogP contribution in [-0.4, -0.2) is 47.1 Å². The van der Waals surface area contributed by atoms with Crippen LogP contribution in [0.5, 0.6) is 0 Å². The third kappa shape index (κ3) is 4.43. The number of likely N-dealkylation sites (tertiary alicyclic amines) is 1. The first kappa shape index (κ1) is 18.0. The first-order chi connectivity index (χ1) is 9.85. The highest BCUT2D eigenvalue weighted by Crippen LogP contribution is 2.36. The SMILES string of the molecule is CC[C@@H](CCCCNC)C(=O)N1[C@@H](C(=O)O)CCC1(C)C. The Morgan fingerprint density at radius 1 is 1.38 bits per heavy atom. The molecule has 0 unspecified atom stereocenters. The number of nitrogens with one attached hydrogen (secondary N) is 1. The Morgan fingerprint density at radius 3 is 2.57 bits per heavy atom. The Labute approximate surface area is 128 Å². The topological polar surface area (TPSA) is 69.6 Å². The van der Waals surface area contributed by atoms with Crippen LogP contribution in [0.3, 0.4) is 0 Å². The summed E-state index contributed by atoms with van der Waals surface area (Å²) in [5.41, 5.74) is -0.349. The van der Waals surface area contributed by atoms with Gasteiger partial charge in [0.2, 0.25) is 5.91 Å². The Balaban J connectivity index is 2.74. The first-order valence-corrected chi connectivity index (χ1v) is 8.05. The van der Waals surface area contributed by atoms with Gasteiger partial charge in [-0.05, 0) is 59.5 Å². The Morgan fingerprint density at radius 2 is 2.05 bits per heavy atom. The zero-order valence-corrected chi connectivity index (χ0v) is 13.8. The summed E-state index contributed by atoms with van der Waals surface area (Å²) in [7, 11) is 1.92. The summed E-state index contributed by atoms with van der Waals surface area (Å²) in [6.07, 6.45) is 4.98. The van der Waals surface area contributed by atoms with E-state index in [1.54, 1.807) is 4.90 Å². The van der Waals surface area contributed by atoms with Crippen LogP contribution in [0.4, 0.5) is 0 Å². The van der Waals surface area contributed by atoms with E-state index in [1.165, 1.54) is 0 Å². The van der Waals surface area contributed by atoms with Crippen molar-refractivity contribution >= 4 is 11.9 Å². The van der Waals surface area contributed by atoms with Crippen LogP contribution in [0.1, 0.15) is 59.3 Å². The highest BCUT2D eigenvalue weighted by molar-refractivity contribution is 5.86. The number of carbonyl (C=O) groups excluding carboxylic acids is 1. The number of unbranched alkanes of at least 4 members (excludes halogenated alkanes) is 1. The highest BCUT2D eigenvalue weighted by Gasteiger charge is 2.46. The van der Waals surface area contributed by atoms with Gasteiger partial charge in [-0.1, -0.05) is 13.3 Å². The van der Waals surface area contributed by atoms with Crippen LogP contribution < -0.4 is 5.32 Å². The van der Waals surface area contributed by atoms with E-state index in [9.17, 15) is 14.7 Å². The molecule has 0 bridgehead atoms. The Kier molecular flexibility index (Phi) is 6.65. The fourth-order valence-corrected chi connectivity index (χ4v) is 3.24. The maximum absolute atomic E-state index is 12.8. The lowest BCUT2D eigenvalue weighted by Crippen LogP contribution is -2.52. The summed E-state index contributed by atoms with van der Waals surface area (Å²) in [4.78, 5) is 25.9. The van der Waals surface area contributed by atoms with Crippen molar-refractivity contribution < 1.29 is 14.7 Å². The standard InChI is InChI=1S/C16H30N2O3/c1-5-12(8-6-7-11-17-4)14(19)18-13(15(20)21)9-10-16(18,2)3/h12-13,17H,5-11H2,1-4H3,(H,20,21)/t12-,13+/m0/s1. The van der Waals surface area contributed by atoms with Gasteiger partial charge in [-0.15, -0.1) is 0 Å². The van der Waals surface area contributed by atoms with Crippen molar-refractivity contribution in [2.24, 2.45) is 5.92 Å². The van der Waals surface area contributed by atoms with E-state index in [1.807, 2.05) is 27.8 Å². The van der Waals surface area contributed by atoms with Crippen LogP contribution in [0.25, 0.3) is 0 Å². The average molecular weight is 298 g/mol. The van der Waals surface area contributed by atoms with Crippen molar-refractivity contribution in [2.75, 3.05) is 13.6 Å². The molecule has 0 aliphatic carbocycles. The molecule has 1 amide bonds. The molecule has 2 N–H and O–H groups in total. The Bertz CT molecular complexity index is 369. The number of carboxylic acid groups (broad SMARTS) is 1. The largest absolute Gasteiger partial charge is 0.480 e. The third-order valence-corrected chi connectivity index (χ3v) is 4.59. The molecule has 0 saturated carbocycles. The molecule has 1 aliphatic heterocycles. The van der Waals surface area contributed by atoms with E-state index in [-0.39, 0.29) is 17.4 Å². The number of hydrogen-bond donors (Lipinski definition) is 2. The predicted molar refractivity (Wildman–Crippen MR) is 83.1 cm³/mol. The number of carboxylic acids is 1. The molecule has 21 heavy (non-hydrogen) atoms. The highest BCUT2D eigenvalue weighted by atomic mass is 16.4. The number of hydrogen-bond acceptors (Lipinski definition) is 3. The van der Waals surface area contributed by atoms with Crippen molar-refractivity contribution in [3.63, 3.8) is 0 Å². The number of aliphatic carboxylic acids is 1. The van der Waals surface area contributed by atoms with E-state index >= 15 is 0 Å². The van der Waals surface area contributed by atoms with Crippen LogP contribution in [0.15, 0.2) is 0 Å². The Hall–Kier alpha value is -1.10. The van der Waals surface area contributed by atoms with Gasteiger partial charge in [0.25, 0.3) is 0 Å². The lowest BCUT2D eigenvalue weighted by Gasteiger charge is -2.37. The van der Waals surface area contributed by atoms with Crippen LogP contribution in [0, 0.1) is 5.92 Å². The monoisotopic (exact) mass is 298 g/mol. The van der Waals surface area contributed by atoms with Crippen molar-refractivity contribution in [2.45, 2.75) is 70.9 Å². The second-order valence-electron chi connectivity index (χ2n) is 6.62. The van der Waals surface area contributed by atoms with Crippen molar-refractivity contribution in [1.29, 1.82) is 0 Å². The molecule has 0 aromatic rings. The van der Waals surface area contributed by atoms with Crippen LogP contribution in [0.2, 0.25) is 0 Å². The molecule has 2 atom stereocenters. The number of amides is 1. The molecule has 5 nitrogen and oxygen atoms in total. The van der Waals surface area contributed by atoms with Crippen molar-refractivity contribution in [1.82, 2.24) is 10.2 Å². The minimum Gasteiger partial charge on any atom is -0.480 e. The summed E-state index contributed by atoms with van der Waals surface area (Å²) in [6, 6.07) is -0.654. The number of carbonyl (C=O) groups is 2. The minimum absolute atomic E-state index is 0.0249. The fraction of sp³-hybridized carbons (Fsp3) is 0.875. The molecule has 1 rings (SSSR count). The molecule has 1 aliphatic rings. The van der Waals surface area contributed by atoms with Gasteiger partial charge in [-0.2, -0.15) is 0 Å². The van der Waals surface area contributed by atoms with Gasteiger partial charge >= 0.3 is 5.97 Å². The van der Waals surface area contributed by atoms with E-state index in [2.05, 4.69) is 5.32 Å². The van der Waals surface area contributed by atoms with Crippen molar-refractivity contribution in [3.05, 3.63) is 0 Å². The molecule has 0 radical (unpaired) electrons. The second kappa shape index (κ2) is 7.78. The van der Waals surface area contributed by atoms with E-state index in [0.29, 0.717) is 6.42 Å². The molecule has 1 heterocycles. The van der Waals surface area contributed by atoms with Gasteiger partial charge in [0.15, 0.2) is 0 Å². The summed E-state index contributed by atoms with van der Waals surface area (Å²) in [5, 5.41) is 12.5. The van der Waals surface area contributed by atoms with Crippen molar-refractivity contribution in [3.8, 4) is 0 Å². The molecule has 122 valence electrons. The number of rotatable bonds is 8. The van der Waals surface area contributed by atoms with Gasteiger partial charge < -0.3 is 15.3 Å². The average Bonchev–Trinajstić information content (AvgIpc) is 2.74. The lowest BCUT2D eigenvalue weighted by atomic mass is 9.94. The van der Waals surface area contributed by atoms with Gasteiger partial charge in [-0.3, -0.25) is 4.79 Å².